The molecule has 5 rings (SSSR count). The van der Waals surface area contributed by atoms with Crippen LogP contribution in [0.4, 0.5) is 4.79 Å². The van der Waals surface area contributed by atoms with Gasteiger partial charge in [-0.2, -0.15) is 5.10 Å². The van der Waals surface area contributed by atoms with Gasteiger partial charge in [0.05, 0.1) is 29.7 Å². The van der Waals surface area contributed by atoms with Crippen molar-refractivity contribution in [1.29, 1.82) is 0 Å². The molecule has 7 heteroatoms. The van der Waals surface area contributed by atoms with Gasteiger partial charge < -0.3 is 14.8 Å². The zero-order chi connectivity index (χ0) is 22.9. The zero-order valence-electron chi connectivity index (χ0n) is 18.7. The van der Waals surface area contributed by atoms with Crippen LogP contribution in [0.1, 0.15) is 41.9 Å². The Balaban J connectivity index is 1.74. The minimum Gasteiger partial charge on any atom is -0.338 e. The topological polar surface area (TPSA) is 55.1 Å². The lowest BCUT2D eigenvalue weighted by molar-refractivity contribution is 0.180. The first-order valence-electron chi connectivity index (χ1n) is 11.2. The number of amides is 2. The Morgan fingerprint density at radius 1 is 1.12 bits per heavy atom. The molecule has 2 amide bonds. The van der Waals surface area contributed by atoms with Crippen molar-refractivity contribution in [2.45, 2.75) is 32.9 Å². The Labute approximate surface area is 198 Å². The molecule has 0 fully saturated rings. The molecule has 1 atom stereocenters. The number of halogens is 1. The molecule has 4 aromatic rings. The van der Waals surface area contributed by atoms with Gasteiger partial charge in [-0.3, -0.25) is 0 Å². The highest BCUT2D eigenvalue weighted by molar-refractivity contribution is 6.30. The first-order chi connectivity index (χ1) is 16.1. The summed E-state index contributed by atoms with van der Waals surface area (Å²) in [5, 5.41) is 8.59. The summed E-state index contributed by atoms with van der Waals surface area (Å²) in [6.45, 7) is 5.11. The number of nitrogens with one attached hydrogen (secondary N) is 1. The van der Waals surface area contributed by atoms with Gasteiger partial charge in [-0.05, 0) is 55.3 Å². The third-order valence-corrected chi connectivity index (χ3v) is 6.27. The third kappa shape index (κ3) is 3.80. The van der Waals surface area contributed by atoms with Crippen molar-refractivity contribution in [3.63, 3.8) is 0 Å². The number of benzene rings is 2. The quantitative estimate of drug-likeness (QED) is 0.428. The van der Waals surface area contributed by atoms with Crippen molar-refractivity contribution < 1.29 is 4.79 Å². The summed E-state index contributed by atoms with van der Waals surface area (Å²) in [6.07, 6.45) is 2.91. The number of carbonyl (C=O) groups is 1. The number of urea groups is 1. The van der Waals surface area contributed by atoms with Crippen LogP contribution in [0.2, 0.25) is 5.02 Å². The summed E-state index contributed by atoms with van der Waals surface area (Å²) >= 11 is 6.38. The number of para-hydroxylation sites is 1. The lowest BCUT2D eigenvalue weighted by atomic mass is 10.0. The Hall–Kier alpha value is -3.51. The van der Waals surface area contributed by atoms with Crippen LogP contribution in [-0.2, 0) is 6.54 Å². The predicted octanol–water partition coefficient (Wildman–Crippen LogP) is 5.65. The fraction of sp³-hybridized carbons (Fsp3) is 0.231. The summed E-state index contributed by atoms with van der Waals surface area (Å²) in [5.41, 5.74) is 4.85. The summed E-state index contributed by atoms with van der Waals surface area (Å²) in [7, 11) is 0. The summed E-state index contributed by atoms with van der Waals surface area (Å²) in [5.74, 6) is 0.955. The van der Waals surface area contributed by atoms with Gasteiger partial charge in [0.25, 0.3) is 0 Å². The van der Waals surface area contributed by atoms with Gasteiger partial charge in [0.15, 0.2) is 0 Å². The molecule has 3 heterocycles. The second-order valence-corrected chi connectivity index (χ2v) is 8.69. The van der Waals surface area contributed by atoms with E-state index in [2.05, 4.69) is 22.9 Å². The monoisotopic (exact) mass is 459 g/mol. The molecule has 0 saturated heterocycles. The first-order valence-corrected chi connectivity index (χ1v) is 11.6. The molecule has 1 aliphatic rings. The summed E-state index contributed by atoms with van der Waals surface area (Å²) < 4.78 is 4.12. The Morgan fingerprint density at radius 3 is 2.70 bits per heavy atom. The van der Waals surface area contributed by atoms with E-state index in [1.54, 1.807) is 0 Å². The highest BCUT2D eigenvalue weighted by Gasteiger charge is 2.35. The lowest BCUT2D eigenvalue weighted by Crippen LogP contribution is -2.42. The Morgan fingerprint density at radius 2 is 1.94 bits per heavy atom. The normalized spacial score (nSPS) is 15.0. The molecule has 0 saturated carbocycles. The van der Waals surface area contributed by atoms with E-state index in [0.29, 0.717) is 18.1 Å². The fourth-order valence-corrected chi connectivity index (χ4v) is 4.71. The Bertz CT molecular complexity index is 1290. The van der Waals surface area contributed by atoms with Crippen molar-refractivity contribution in [2.24, 2.45) is 0 Å². The molecule has 2 aromatic carbocycles. The largest absolute Gasteiger partial charge is 0.338 e. The summed E-state index contributed by atoms with van der Waals surface area (Å²) in [4.78, 5) is 15.3. The van der Waals surface area contributed by atoms with Crippen LogP contribution in [0, 0.1) is 6.92 Å². The van der Waals surface area contributed by atoms with Crippen molar-refractivity contribution in [1.82, 2.24) is 24.6 Å². The first kappa shape index (κ1) is 21.3. The van der Waals surface area contributed by atoms with Crippen LogP contribution < -0.4 is 5.32 Å². The maximum atomic E-state index is 13.5. The molecule has 1 aliphatic heterocycles. The lowest BCUT2D eigenvalue weighted by Gasteiger charge is -2.31. The molecule has 2 aromatic heterocycles. The van der Waals surface area contributed by atoms with E-state index in [9.17, 15) is 4.79 Å². The maximum absolute atomic E-state index is 13.5. The minimum atomic E-state index is -0.299. The van der Waals surface area contributed by atoms with Gasteiger partial charge in [-0.1, -0.05) is 48.9 Å². The van der Waals surface area contributed by atoms with E-state index in [1.165, 1.54) is 0 Å². The summed E-state index contributed by atoms with van der Waals surface area (Å²) in [6, 6.07) is 21.5. The van der Waals surface area contributed by atoms with Crippen LogP contribution in [0.25, 0.3) is 11.5 Å². The molecule has 0 bridgehead atoms. The van der Waals surface area contributed by atoms with E-state index >= 15 is 0 Å². The van der Waals surface area contributed by atoms with Crippen LogP contribution in [0.5, 0.6) is 0 Å². The molecule has 1 N–H and O–H groups in total. The van der Waals surface area contributed by atoms with E-state index in [-0.39, 0.29) is 12.1 Å². The average molecular weight is 460 g/mol. The fourth-order valence-electron chi connectivity index (χ4n) is 4.51. The molecule has 0 aliphatic carbocycles. The smallest absolute Gasteiger partial charge is 0.318 e. The highest BCUT2D eigenvalue weighted by Crippen LogP contribution is 2.38. The molecule has 0 radical (unpaired) electrons. The maximum Gasteiger partial charge on any atom is 0.318 e. The molecular weight excluding hydrogens is 434 g/mol. The van der Waals surface area contributed by atoms with Crippen LogP contribution in [-0.4, -0.2) is 31.8 Å². The van der Waals surface area contributed by atoms with Gasteiger partial charge in [-0.15, -0.1) is 0 Å². The van der Waals surface area contributed by atoms with E-state index in [1.807, 2.05) is 83.4 Å². The number of aryl methyl sites for hydroxylation is 1. The number of rotatable bonds is 4. The van der Waals surface area contributed by atoms with Crippen molar-refractivity contribution in [3.8, 4) is 11.5 Å². The molecule has 1 unspecified atom stereocenters. The standard InChI is InChI=1S/C26H26ClN5O/c1-3-14-28-26(33)31-17-22-18(2)29-32(21-11-5-4-6-12-21)25(22)30-15-8-13-23(30)24(31)19-9-7-10-20(27)16-19/h4-13,15-16,24H,3,14,17H2,1-2H3,(H,28,33). The van der Waals surface area contributed by atoms with Gasteiger partial charge in [-0.25, -0.2) is 9.48 Å². The number of fused-ring (bicyclic) bond motifs is 3. The number of hydrogen-bond donors (Lipinski definition) is 1. The van der Waals surface area contributed by atoms with Crippen LogP contribution in [0.3, 0.4) is 0 Å². The molecule has 0 spiro atoms. The predicted molar refractivity (Wildman–Crippen MR) is 130 cm³/mol. The molecular formula is C26H26ClN5O. The SMILES string of the molecule is CCCNC(=O)N1Cc2c(C)nn(-c3ccccc3)c2-n2cccc2C1c1cccc(Cl)c1. The number of carbonyl (C=O) groups excluding carboxylic acids is 1. The van der Waals surface area contributed by atoms with E-state index < -0.39 is 0 Å². The van der Waals surface area contributed by atoms with Gasteiger partial charge in [0.1, 0.15) is 5.82 Å². The average Bonchev–Trinajstić information content (AvgIpc) is 3.38. The van der Waals surface area contributed by atoms with Crippen molar-refractivity contribution in [2.75, 3.05) is 6.54 Å². The van der Waals surface area contributed by atoms with Gasteiger partial charge in [0.2, 0.25) is 0 Å². The molecule has 168 valence electrons. The number of hydrogen-bond acceptors (Lipinski definition) is 2. The highest BCUT2D eigenvalue weighted by atomic mass is 35.5. The minimum absolute atomic E-state index is 0.103. The van der Waals surface area contributed by atoms with Gasteiger partial charge in [0, 0.05) is 23.3 Å². The van der Waals surface area contributed by atoms with E-state index in [0.717, 1.165) is 40.4 Å². The third-order valence-electron chi connectivity index (χ3n) is 6.04. The molecule has 6 nitrogen and oxygen atoms in total. The Kier molecular flexibility index (Phi) is 5.68. The molecule has 33 heavy (non-hydrogen) atoms. The second kappa shape index (κ2) is 8.79. The van der Waals surface area contributed by atoms with Crippen LogP contribution >= 0.6 is 11.6 Å². The number of nitrogens with zero attached hydrogens (tertiary/aromatic N) is 4. The number of aromatic nitrogens is 3. The van der Waals surface area contributed by atoms with Crippen LogP contribution in [0.15, 0.2) is 72.9 Å². The van der Waals surface area contributed by atoms with Crippen molar-refractivity contribution >= 4 is 17.6 Å². The van der Waals surface area contributed by atoms with Gasteiger partial charge >= 0.3 is 6.03 Å². The van der Waals surface area contributed by atoms with Crippen molar-refractivity contribution in [3.05, 3.63) is 100 Å². The van der Waals surface area contributed by atoms with E-state index in [4.69, 9.17) is 16.7 Å². The second-order valence-electron chi connectivity index (χ2n) is 8.26. The zero-order valence-corrected chi connectivity index (χ0v) is 19.5.